The molecule has 2 rings (SSSR count). The standard InChI is InChI=1S/C34H46O8/c1-31(2,3)33(7,8)29(37)41-25(27(35)39-21-23-17-13-11-14-18-23)26(42-30(38)34(9,10)32(4,5)6)28(36)40-22-24-19-15-12-16-20-24/h11-20,25-26H,21-22H2,1-10H3. The number of carbonyl (C=O) groups is 4. The minimum absolute atomic E-state index is 0.149. The molecule has 0 saturated carbocycles. The highest BCUT2D eigenvalue weighted by molar-refractivity contribution is 5.91. The van der Waals surface area contributed by atoms with Gasteiger partial charge >= 0.3 is 23.9 Å². The average Bonchev–Trinajstić information content (AvgIpc) is 2.91. The maximum Gasteiger partial charge on any atom is 0.352 e. The van der Waals surface area contributed by atoms with Gasteiger partial charge in [-0.2, -0.15) is 0 Å². The predicted octanol–water partition coefficient (Wildman–Crippen LogP) is 6.44. The minimum Gasteiger partial charge on any atom is -0.458 e. The maximum absolute atomic E-state index is 13.6. The van der Waals surface area contributed by atoms with Crippen molar-refractivity contribution in [1.82, 2.24) is 0 Å². The van der Waals surface area contributed by atoms with Gasteiger partial charge in [-0.3, -0.25) is 9.59 Å². The molecule has 0 aliphatic carbocycles. The van der Waals surface area contributed by atoms with Gasteiger partial charge in [-0.05, 0) is 49.7 Å². The van der Waals surface area contributed by atoms with Crippen LogP contribution in [0.4, 0.5) is 0 Å². The molecule has 2 aromatic rings. The Morgan fingerprint density at radius 2 is 0.810 bits per heavy atom. The fraction of sp³-hybridized carbons (Fsp3) is 0.529. The number of hydrogen-bond donors (Lipinski definition) is 0. The average molecular weight is 583 g/mol. The Morgan fingerprint density at radius 1 is 0.524 bits per heavy atom. The summed E-state index contributed by atoms with van der Waals surface area (Å²) in [5, 5.41) is 0. The summed E-state index contributed by atoms with van der Waals surface area (Å²) in [6.45, 7) is 17.6. The fourth-order valence-electron chi connectivity index (χ4n) is 3.23. The number of hydrogen-bond acceptors (Lipinski definition) is 8. The quantitative estimate of drug-likeness (QED) is 0.220. The lowest BCUT2D eigenvalue weighted by molar-refractivity contribution is -0.202. The molecule has 0 fully saturated rings. The molecule has 0 amide bonds. The second-order valence-electron chi connectivity index (χ2n) is 13.6. The number of rotatable bonds is 11. The van der Waals surface area contributed by atoms with Crippen molar-refractivity contribution in [3.05, 3.63) is 71.8 Å². The van der Waals surface area contributed by atoms with E-state index < -0.39 is 57.7 Å². The van der Waals surface area contributed by atoms with E-state index in [9.17, 15) is 19.2 Å². The van der Waals surface area contributed by atoms with Crippen molar-refractivity contribution < 1.29 is 38.1 Å². The third-order valence-corrected chi connectivity index (χ3v) is 8.43. The van der Waals surface area contributed by atoms with Crippen molar-refractivity contribution in [1.29, 1.82) is 0 Å². The molecule has 8 nitrogen and oxygen atoms in total. The highest BCUT2D eigenvalue weighted by atomic mass is 16.6. The second-order valence-corrected chi connectivity index (χ2v) is 13.6. The highest BCUT2D eigenvalue weighted by Crippen LogP contribution is 2.41. The van der Waals surface area contributed by atoms with Gasteiger partial charge in [0.25, 0.3) is 0 Å². The lowest BCUT2D eigenvalue weighted by Gasteiger charge is -2.39. The van der Waals surface area contributed by atoms with E-state index in [-0.39, 0.29) is 13.2 Å². The first-order valence-corrected chi connectivity index (χ1v) is 14.1. The van der Waals surface area contributed by atoms with E-state index in [1.807, 2.05) is 53.7 Å². The molecule has 2 unspecified atom stereocenters. The van der Waals surface area contributed by atoms with Crippen molar-refractivity contribution in [2.75, 3.05) is 0 Å². The van der Waals surface area contributed by atoms with Crippen molar-refractivity contribution in [3.63, 3.8) is 0 Å². The van der Waals surface area contributed by atoms with Crippen LogP contribution in [-0.4, -0.2) is 36.1 Å². The summed E-state index contributed by atoms with van der Waals surface area (Å²) in [6, 6.07) is 17.8. The van der Waals surface area contributed by atoms with Crippen molar-refractivity contribution in [3.8, 4) is 0 Å². The summed E-state index contributed by atoms with van der Waals surface area (Å²) >= 11 is 0. The van der Waals surface area contributed by atoms with E-state index in [0.29, 0.717) is 11.1 Å². The van der Waals surface area contributed by atoms with Gasteiger partial charge in [-0.15, -0.1) is 0 Å². The molecular formula is C34H46O8. The van der Waals surface area contributed by atoms with E-state index in [2.05, 4.69) is 0 Å². The molecule has 0 spiro atoms. The van der Waals surface area contributed by atoms with E-state index in [1.165, 1.54) is 0 Å². The van der Waals surface area contributed by atoms with Crippen LogP contribution in [0.15, 0.2) is 60.7 Å². The van der Waals surface area contributed by atoms with E-state index in [0.717, 1.165) is 0 Å². The number of esters is 4. The zero-order valence-corrected chi connectivity index (χ0v) is 26.6. The van der Waals surface area contributed by atoms with Gasteiger partial charge in [0.2, 0.25) is 12.2 Å². The first kappa shape index (κ1) is 34.5. The predicted molar refractivity (Wildman–Crippen MR) is 159 cm³/mol. The van der Waals surface area contributed by atoms with Crippen LogP contribution in [0.25, 0.3) is 0 Å². The Morgan fingerprint density at radius 3 is 1.07 bits per heavy atom. The normalized spacial score (nSPS) is 13.9. The summed E-state index contributed by atoms with van der Waals surface area (Å²) in [6.07, 6.45) is -3.82. The highest BCUT2D eigenvalue weighted by Gasteiger charge is 2.50. The summed E-state index contributed by atoms with van der Waals surface area (Å²) in [7, 11) is 0. The number of carbonyl (C=O) groups excluding carboxylic acids is 4. The Hall–Kier alpha value is -3.68. The molecule has 0 bridgehead atoms. The van der Waals surface area contributed by atoms with Crippen molar-refractivity contribution >= 4 is 23.9 Å². The van der Waals surface area contributed by atoms with Crippen molar-refractivity contribution in [2.24, 2.45) is 21.7 Å². The smallest absolute Gasteiger partial charge is 0.352 e. The van der Waals surface area contributed by atoms with Gasteiger partial charge in [0, 0.05) is 0 Å². The number of ether oxygens (including phenoxy) is 4. The lowest BCUT2D eigenvalue weighted by atomic mass is 9.69. The van der Waals surface area contributed by atoms with Crippen LogP contribution < -0.4 is 0 Å². The molecule has 0 aliphatic heterocycles. The van der Waals surface area contributed by atoms with E-state index in [4.69, 9.17) is 18.9 Å². The van der Waals surface area contributed by atoms with Crippen molar-refractivity contribution in [2.45, 2.75) is 94.7 Å². The summed E-state index contributed by atoms with van der Waals surface area (Å²) in [5.41, 5.74) is -1.95. The Balaban J connectivity index is 2.51. The molecule has 0 saturated heterocycles. The zero-order chi connectivity index (χ0) is 31.9. The molecule has 0 radical (unpaired) electrons. The third-order valence-electron chi connectivity index (χ3n) is 8.43. The second kappa shape index (κ2) is 13.5. The summed E-state index contributed by atoms with van der Waals surface area (Å²) in [5.74, 6) is -3.60. The summed E-state index contributed by atoms with van der Waals surface area (Å²) in [4.78, 5) is 54.2. The SMILES string of the molecule is CC(C)(C)C(C)(C)C(=O)OC(C(=O)OCc1ccccc1)C(OC(=O)C(C)(C)C(C)(C)C)C(=O)OCc1ccccc1. The maximum atomic E-state index is 13.6. The molecule has 8 heteroatoms. The van der Waals surface area contributed by atoms with Gasteiger partial charge in [-0.25, -0.2) is 9.59 Å². The topological polar surface area (TPSA) is 105 Å². The van der Waals surface area contributed by atoms with E-state index >= 15 is 0 Å². The van der Waals surface area contributed by atoms with Crippen LogP contribution in [0.3, 0.4) is 0 Å². The minimum atomic E-state index is -1.91. The summed E-state index contributed by atoms with van der Waals surface area (Å²) < 4.78 is 22.5. The van der Waals surface area contributed by atoms with Crippen LogP contribution in [0.5, 0.6) is 0 Å². The molecule has 42 heavy (non-hydrogen) atoms. The first-order valence-electron chi connectivity index (χ1n) is 14.1. The monoisotopic (exact) mass is 582 g/mol. The molecular weight excluding hydrogens is 536 g/mol. The van der Waals surface area contributed by atoms with Crippen LogP contribution in [0.1, 0.15) is 80.4 Å². The third kappa shape index (κ3) is 8.66. The zero-order valence-electron chi connectivity index (χ0n) is 26.6. The van der Waals surface area contributed by atoms with Crippen LogP contribution in [0, 0.1) is 21.7 Å². The first-order chi connectivity index (χ1) is 19.3. The Bertz CT molecular complexity index is 1120. The van der Waals surface area contributed by atoms with Gasteiger partial charge in [0.15, 0.2) is 0 Å². The lowest BCUT2D eigenvalue weighted by Crippen LogP contribution is -2.52. The van der Waals surface area contributed by atoms with Gasteiger partial charge in [-0.1, -0.05) is 102 Å². The molecule has 0 N–H and O–H groups in total. The van der Waals surface area contributed by atoms with Crippen LogP contribution >= 0.6 is 0 Å². The van der Waals surface area contributed by atoms with Gasteiger partial charge in [0.1, 0.15) is 13.2 Å². The van der Waals surface area contributed by atoms with Crippen LogP contribution in [-0.2, 0) is 51.3 Å². The molecule has 0 heterocycles. The van der Waals surface area contributed by atoms with Gasteiger partial charge < -0.3 is 18.9 Å². The Labute approximate surface area is 250 Å². The molecule has 2 atom stereocenters. The van der Waals surface area contributed by atoms with Crippen LogP contribution in [0.2, 0.25) is 0 Å². The van der Waals surface area contributed by atoms with Gasteiger partial charge in [0.05, 0.1) is 10.8 Å². The molecule has 2 aromatic carbocycles. The fourth-order valence-corrected chi connectivity index (χ4v) is 3.23. The Kier molecular flexibility index (Phi) is 11.1. The molecule has 0 aromatic heterocycles. The van der Waals surface area contributed by atoms with E-state index in [1.54, 1.807) is 76.2 Å². The largest absolute Gasteiger partial charge is 0.458 e. The molecule has 0 aliphatic rings. The molecule has 230 valence electrons. The number of benzene rings is 2.